The number of aromatic nitrogens is 1. The minimum Gasteiger partial charge on any atom is -0.256 e. The molecule has 1 aromatic heterocycles. The van der Waals surface area contributed by atoms with Crippen LogP contribution >= 0.6 is 0 Å². The third-order valence-electron chi connectivity index (χ3n) is 7.47. The highest BCUT2D eigenvalue weighted by molar-refractivity contribution is 6.14. The Balaban J connectivity index is 1.51. The van der Waals surface area contributed by atoms with Crippen molar-refractivity contribution in [1.29, 1.82) is 0 Å². The fraction of sp³-hybridized carbons (Fsp3) is 0.0938. The zero-order chi connectivity index (χ0) is 22.2. The average molecular weight is 422 g/mol. The molecule has 1 aliphatic carbocycles. The largest absolute Gasteiger partial charge is 0.256 e. The van der Waals surface area contributed by atoms with Crippen molar-refractivity contribution in [3.05, 3.63) is 114 Å². The molecule has 0 saturated carbocycles. The minimum atomic E-state index is -0.0874. The van der Waals surface area contributed by atoms with Crippen LogP contribution in [0.5, 0.6) is 0 Å². The molecule has 1 nitrogen and oxygen atoms in total. The van der Waals surface area contributed by atoms with Crippen molar-refractivity contribution in [1.82, 2.24) is 4.98 Å². The molecule has 0 fully saturated rings. The predicted octanol–water partition coefficient (Wildman–Crippen LogP) is 8.51. The molecule has 156 valence electrons. The van der Waals surface area contributed by atoms with Crippen LogP contribution in [-0.4, -0.2) is 4.98 Å². The molecule has 0 N–H and O–H groups in total. The summed E-state index contributed by atoms with van der Waals surface area (Å²) in [5.74, 6) is 0. The van der Waals surface area contributed by atoms with E-state index in [1.165, 1.54) is 60.3 Å². The number of fused-ring (bicyclic) bond motifs is 8. The van der Waals surface area contributed by atoms with E-state index < -0.39 is 0 Å². The first kappa shape index (κ1) is 18.6. The summed E-state index contributed by atoms with van der Waals surface area (Å²) in [6, 6.07) is 35.6. The van der Waals surface area contributed by atoms with Crippen LogP contribution in [0.4, 0.5) is 0 Å². The van der Waals surface area contributed by atoms with Crippen molar-refractivity contribution in [3.63, 3.8) is 0 Å². The Bertz CT molecular complexity index is 1740. The number of nitrogens with zero attached hydrogens (tertiary/aromatic N) is 1. The third kappa shape index (κ3) is 2.51. The Hall–Kier alpha value is -3.97. The number of pyridine rings is 1. The van der Waals surface area contributed by atoms with Gasteiger partial charge in [-0.05, 0) is 79.2 Å². The summed E-state index contributed by atoms with van der Waals surface area (Å²) < 4.78 is 0. The summed E-state index contributed by atoms with van der Waals surface area (Å²) in [7, 11) is 0. The lowest BCUT2D eigenvalue weighted by Gasteiger charge is -2.23. The number of hydrogen-bond donors (Lipinski definition) is 0. The number of hydrogen-bond acceptors (Lipinski definition) is 1. The van der Waals surface area contributed by atoms with Crippen LogP contribution < -0.4 is 0 Å². The molecule has 0 radical (unpaired) electrons. The van der Waals surface area contributed by atoms with Gasteiger partial charge in [-0.25, -0.2) is 0 Å². The SMILES string of the molecule is CC1(C)c2cc(-c3cc4ccccc4c4ccccc34)ccc2-c2ccc3ncccc3c21. The molecular weight excluding hydrogens is 398 g/mol. The van der Waals surface area contributed by atoms with Crippen LogP contribution in [0.15, 0.2) is 103 Å². The maximum absolute atomic E-state index is 4.62. The first-order valence-electron chi connectivity index (χ1n) is 11.6. The highest BCUT2D eigenvalue weighted by atomic mass is 14.6. The van der Waals surface area contributed by atoms with Crippen molar-refractivity contribution >= 4 is 32.4 Å². The summed E-state index contributed by atoms with van der Waals surface area (Å²) in [5.41, 5.74) is 9.02. The van der Waals surface area contributed by atoms with Crippen molar-refractivity contribution in [3.8, 4) is 22.3 Å². The van der Waals surface area contributed by atoms with Crippen LogP contribution in [0.1, 0.15) is 25.0 Å². The van der Waals surface area contributed by atoms with Gasteiger partial charge < -0.3 is 0 Å². The van der Waals surface area contributed by atoms with Crippen molar-refractivity contribution in [2.75, 3.05) is 0 Å². The standard InChI is InChI=1S/C32H23N/c1-32(2)29-19-21(13-14-25(29)26-15-16-30-27(31(26)32)12-7-17-33-30)28-18-20-8-3-4-9-22(20)23-10-5-6-11-24(23)28/h3-19H,1-2H3. The molecule has 1 heterocycles. The second kappa shape index (κ2) is 6.52. The maximum atomic E-state index is 4.62. The van der Waals surface area contributed by atoms with E-state index in [9.17, 15) is 0 Å². The van der Waals surface area contributed by atoms with E-state index in [2.05, 4.69) is 110 Å². The molecule has 0 unspecified atom stereocenters. The summed E-state index contributed by atoms with van der Waals surface area (Å²) in [5, 5.41) is 6.47. The molecule has 0 amide bonds. The second-order valence-electron chi connectivity index (χ2n) is 9.63. The molecular formula is C32H23N. The topological polar surface area (TPSA) is 12.9 Å². The molecule has 6 aromatic rings. The van der Waals surface area contributed by atoms with E-state index in [0.717, 1.165) is 5.52 Å². The van der Waals surface area contributed by atoms with Crippen molar-refractivity contribution in [2.24, 2.45) is 0 Å². The summed E-state index contributed by atoms with van der Waals surface area (Å²) in [4.78, 5) is 4.62. The molecule has 0 bridgehead atoms. The number of rotatable bonds is 1. The van der Waals surface area contributed by atoms with E-state index in [1.807, 2.05) is 12.3 Å². The Morgan fingerprint density at radius 1 is 0.576 bits per heavy atom. The average Bonchev–Trinajstić information content (AvgIpc) is 3.10. The minimum absolute atomic E-state index is 0.0874. The quantitative estimate of drug-likeness (QED) is 0.242. The van der Waals surface area contributed by atoms with Gasteiger partial charge in [0, 0.05) is 17.0 Å². The zero-order valence-electron chi connectivity index (χ0n) is 18.8. The van der Waals surface area contributed by atoms with Crippen molar-refractivity contribution in [2.45, 2.75) is 19.3 Å². The lowest BCUT2D eigenvalue weighted by molar-refractivity contribution is 0.666. The smallest absolute Gasteiger partial charge is 0.0705 e. The molecule has 0 saturated heterocycles. The van der Waals surface area contributed by atoms with Crippen LogP contribution in [0.2, 0.25) is 0 Å². The van der Waals surface area contributed by atoms with Gasteiger partial charge in [-0.2, -0.15) is 0 Å². The molecule has 0 aliphatic heterocycles. The van der Waals surface area contributed by atoms with Crippen molar-refractivity contribution < 1.29 is 0 Å². The predicted molar refractivity (Wildman–Crippen MR) is 140 cm³/mol. The Morgan fingerprint density at radius 2 is 1.30 bits per heavy atom. The monoisotopic (exact) mass is 421 g/mol. The van der Waals surface area contributed by atoms with E-state index in [-0.39, 0.29) is 5.41 Å². The lowest BCUT2D eigenvalue weighted by Crippen LogP contribution is -2.15. The molecule has 0 spiro atoms. The van der Waals surface area contributed by atoms with Gasteiger partial charge in [0.2, 0.25) is 0 Å². The lowest BCUT2D eigenvalue weighted by atomic mass is 9.80. The molecule has 1 aliphatic rings. The third-order valence-corrected chi connectivity index (χ3v) is 7.47. The molecule has 1 heteroatoms. The van der Waals surface area contributed by atoms with Gasteiger partial charge in [0.15, 0.2) is 0 Å². The fourth-order valence-corrected chi connectivity index (χ4v) is 5.94. The van der Waals surface area contributed by atoms with Crippen LogP contribution in [0.25, 0.3) is 54.7 Å². The van der Waals surface area contributed by atoms with E-state index in [0.29, 0.717) is 0 Å². The van der Waals surface area contributed by atoms with Gasteiger partial charge in [0.1, 0.15) is 0 Å². The van der Waals surface area contributed by atoms with E-state index >= 15 is 0 Å². The summed E-state index contributed by atoms with van der Waals surface area (Å²) in [6.45, 7) is 4.71. The molecule has 7 rings (SSSR count). The van der Waals surface area contributed by atoms with Gasteiger partial charge in [0.05, 0.1) is 5.52 Å². The summed E-state index contributed by atoms with van der Waals surface area (Å²) in [6.07, 6.45) is 1.88. The molecule has 0 atom stereocenters. The Kier molecular flexibility index (Phi) is 3.67. The van der Waals surface area contributed by atoms with Gasteiger partial charge in [-0.1, -0.05) is 86.6 Å². The zero-order valence-corrected chi connectivity index (χ0v) is 18.8. The van der Waals surface area contributed by atoms with Crippen LogP contribution in [0.3, 0.4) is 0 Å². The Labute approximate surface area is 193 Å². The number of benzene rings is 5. The Morgan fingerprint density at radius 3 is 2.18 bits per heavy atom. The first-order valence-corrected chi connectivity index (χ1v) is 11.6. The van der Waals surface area contributed by atoms with Gasteiger partial charge >= 0.3 is 0 Å². The van der Waals surface area contributed by atoms with E-state index in [1.54, 1.807) is 0 Å². The van der Waals surface area contributed by atoms with Crippen LogP contribution in [0, 0.1) is 0 Å². The van der Waals surface area contributed by atoms with E-state index in [4.69, 9.17) is 0 Å². The van der Waals surface area contributed by atoms with Gasteiger partial charge in [0.25, 0.3) is 0 Å². The molecule has 33 heavy (non-hydrogen) atoms. The summed E-state index contributed by atoms with van der Waals surface area (Å²) >= 11 is 0. The van der Waals surface area contributed by atoms with Crippen LogP contribution in [-0.2, 0) is 5.41 Å². The molecule has 5 aromatic carbocycles. The fourth-order valence-electron chi connectivity index (χ4n) is 5.94. The maximum Gasteiger partial charge on any atom is 0.0705 e. The highest BCUT2D eigenvalue weighted by Crippen LogP contribution is 2.52. The second-order valence-corrected chi connectivity index (χ2v) is 9.63. The highest BCUT2D eigenvalue weighted by Gasteiger charge is 2.37. The first-order chi connectivity index (χ1) is 16.1. The normalized spacial score (nSPS) is 14.0. The van der Waals surface area contributed by atoms with Gasteiger partial charge in [-0.15, -0.1) is 0 Å². The van der Waals surface area contributed by atoms with Gasteiger partial charge in [-0.3, -0.25) is 4.98 Å².